The van der Waals surface area contributed by atoms with Crippen LogP contribution in [-0.2, 0) is 14.8 Å². The third-order valence-electron chi connectivity index (χ3n) is 4.98. The van der Waals surface area contributed by atoms with Crippen molar-refractivity contribution in [2.24, 2.45) is 5.92 Å². The van der Waals surface area contributed by atoms with Crippen molar-refractivity contribution in [1.82, 2.24) is 4.31 Å². The third-order valence-corrected chi connectivity index (χ3v) is 7.03. The van der Waals surface area contributed by atoms with Crippen LogP contribution >= 0.6 is 0 Å². The van der Waals surface area contributed by atoms with E-state index in [1.807, 2.05) is 19.9 Å². The van der Waals surface area contributed by atoms with E-state index in [4.69, 9.17) is 0 Å². The van der Waals surface area contributed by atoms with Gasteiger partial charge in [-0.05, 0) is 43.4 Å². The van der Waals surface area contributed by atoms with E-state index in [2.05, 4.69) is 24.1 Å². The number of carbonyl (C=O) groups excluding carboxylic acids is 1. The first-order valence-corrected chi connectivity index (χ1v) is 11.4. The molecule has 1 heterocycles. The highest BCUT2D eigenvalue weighted by Gasteiger charge is 2.25. The molecule has 1 saturated heterocycles. The Morgan fingerprint density at radius 1 is 1.19 bits per heavy atom. The van der Waals surface area contributed by atoms with Crippen molar-refractivity contribution in [2.45, 2.75) is 58.3 Å². The van der Waals surface area contributed by atoms with E-state index in [-0.39, 0.29) is 10.8 Å². The summed E-state index contributed by atoms with van der Waals surface area (Å²) in [6, 6.07) is 5.11. The van der Waals surface area contributed by atoms with Crippen LogP contribution in [0.25, 0.3) is 0 Å². The van der Waals surface area contributed by atoms with Crippen molar-refractivity contribution in [3.05, 3.63) is 18.2 Å². The van der Waals surface area contributed by atoms with E-state index in [0.717, 1.165) is 38.0 Å². The molecule has 1 aromatic rings. The molecule has 1 aromatic carbocycles. The number of sulfonamides is 1. The maximum atomic E-state index is 12.9. The highest BCUT2D eigenvalue weighted by atomic mass is 32.2. The molecule has 152 valence electrons. The van der Waals surface area contributed by atoms with Gasteiger partial charge in [-0.15, -0.1) is 0 Å². The average Bonchev–Trinajstić information content (AvgIpc) is 3.15. The first kappa shape index (κ1) is 21.7. The molecule has 0 unspecified atom stereocenters. The number of nitrogens with one attached hydrogen (secondary N) is 1. The minimum Gasteiger partial charge on any atom is -0.370 e. The van der Waals surface area contributed by atoms with Crippen LogP contribution in [0, 0.1) is 5.92 Å². The lowest BCUT2D eigenvalue weighted by Crippen LogP contribution is -2.31. The number of nitrogens with zero attached hydrogens (tertiary/aromatic N) is 2. The molecule has 0 atom stereocenters. The van der Waals surface area contributed by atoms with Gasteiger partial charge < -0.3 is 10.2 Å². The summed E-state index contributed by atoms with van der Waals surface area (Å²) in [5.41, 5.74) is 1.50. The lowest BCUT2D eigenvalue weighted by molar-refractivity contribution is -0.116. The summed E-state index contributed by atoms with van der Waals surface area (Å²) in [7, 11) is -3.56. The molecule has 0 radical (unpaired) electrons. The minimum absolute atomic E-state index is 0.0680. The van der Waals surface area contributed by atoms with E-state index in [0.29, 0.717) is 31.1 Å². The predicted octanol–water partition coefficient (Wildman–Crippen LogP) is 3.69. The van der Waals surface area contributed by atoms with Gasteiger partial charge in [0.05, 0.1) is 16.3 Å². The summed E-state index contributed by atoms with van der Waals surface area (Å²) >= 11 is 0. The first-order chi connectivity index (χ1) is 12.8. The molecule has 0 saturated carbocycles. The van der Waals surface area contributed by atoms with E-state index >= 15 is 0 Å². The number of amides is 1. The monoisotopic (exact) mass is 395 g/mol. The Balaban J connectivity index is 2.35. The summed E-state index contributed by atoms with van der Waals surface area (Å²) in [4.78, 5) is 14.8. The molecule has 0 bridgehead atoms. The molecule has 1 aliphatic rings. The Morgan fingerprint density at radius 3 is 2.37 bits per heavy atom. The number of hydrogen-bond donors (Lipinski definition) is 1. The van der Waals surface area contributed by atoms with Gasteiger partial charge in [-0.25, -0.2) is 8.42 Å². The Labute approximate surface area is 164 Å². The van der Waals surface area contributed by atoms with Gasteiger partial charge in [-0.1, -0.05) is 27.7 Å². The van der Waals surface area contributed by atoms with Crippen LogP contribution in [-0.4, -0.2) is 44.8 Å². The summed E-state index contributed by atoms with van der Waals surface area (Å²) in [6.45, 7) is 10.5. The molecule has 0 aliphatic carbocycles. The molecule has 1 amide bonds. The lowest BCUT2D eigenvalue weighted by atomic mass is 10.1. The van der Waals surface area contributed by atoms with E-state index in [1.54, 1.807) is 12.1 Å². The van der Waals surface area contributed by atoms with E-state index < -0.39 is 10.0 Å². The summed E-state index contributed by atoms with van der Waals surface area (Å²) in [5.74, 6) is 0.379. The van der Waals surface area contributed by atoms with Crippen molar-refractivity contribution < 1.29 is 13.2 Å². The fourth-order valence-electron chi connectivity index (χ4n) is 3.35. The zero-order valence-corrected chi connectivity index (χ0v) is 17.8. The van der Waals surface area contributed by atoms with Gasteiger partial charge in [-0.3, -0.25) is 4.79 Å². The minimum atomic E-state index is -3.56. The van der Waals surface area contributed by atoms with Crippen molar-refractivity contribution in [3.63, 3.8) is 0 Å². The van der Waals surface area contributed by atoms with Gasteiger partial charge in [-0.2, -0.15) is 4.31 Å². The van der Waals surface area contributed by atoms with Crippen molar-refractivity contribution in [2.75, 3.05) is 36.4 Å². The quantitative estimate of drug-likeness (QED) is 0.692. The second-order valence-electron chi connectivity index (χ2n) is 7.44. The molecule has 6 nitrogen and oxygen atoms in total. The fourth-order valence-corrected chi connectivity index (χ4v) is 4.84. The number of anilines is 2. The largest absolute Gasteiger partial charge is 0.370 e. The molecule has 27 heavy (non-hydrogen) atoms. The second-order valence-corrected chi connectivity index (χ2v) is 9.38. The van der Waals surface area contributed by atoms with Crippen LogP contribution in [0.3, 0.4) is 0 Å². The van der Waals surface area contributed by atoms with Crippen LogP contribution in [0.1, 0.15) is 53.4 Å². The van der Waals surface area contributed by atoms with Gasteiger partial charge in [0.15, 0.2) is 0 Å². The number of hydrogen-bond acceptors (Lipinski definition) is 4. The molecule has 2 rings (SSSR count). The zero-order chi connectivity index (χ0) is 20.0. The molecule has 0 aromatic heterocycles. The van der Waals surface area contributed by atoms with E-state index in [1.165, 1.54) is 4.31 Å². The number of carbonyl (C=O) groups is 1. The first-order valence-electron chi connectivity index (χ1n) is 9.98. The fraction of sp³-hybridized carbons (Fsp3) is 0.650. The van der Waals surface area contributed by atoms with Gasteiger partial charge in [0.1, 0.15) is 0 Å². The SMILES string of the molecule is CCN(CC)S(=O)(=O)c1ccc(N2CCCC2)c(NC(=O)CCC(C)C)c1. The Bertz CT molecular complexity index is 737. The Hall–Kier alpha value is -1.60. The summed E-state index contributed by atoms with van der Waals surface area (Å²) in [5, 5.41) is 2.97. The average molecular weight is 396 g/mol. The molecule has 0 spiro atoms. The maximum Gasteiger partial charge on any atom is 0.243 e. The zero-order valence-electron chi connectivity index (χ0n) is 17.0. The molecule has 1 N–H and O–H groups in total. The van der Waals surface area contributed by atoms with Crippen LogP contribution in [0.5, 0.6) is 0 Å². The van der Waals surface area contributed by atoms with Gasteiger partial charge >= 0.3 is 0 Å². The van der Waals surface area contributed by atoms with Crippen LogP contribution in [0.4, 0.5) is 11.4 Å². The standard InChI is InChI=1S/C20H33N3O3S/c1-5-23(6-2)27(25,26)17-10-11-19(22-13-7-8-14-22)18(15-17)21-20(24)12-9-16(3)4/h10-11,15-16H,5-9,12-14H2,1-4H3,(H,21,24). The molecule has 7 heteroatoms. The van der Waals surface area contributed by atoms with Crippen LogP contribution in [0.2, 0.25) is 0 Å². The molecular formula is C20H33N3O3S. The van der Waals surface area contributed by atoms with Crippen LogP contribution in [0.15, 0.2) is 23.1 Å². The molecular weight excluding hydrogens is 362 g/mol. The number of benzene rings is 1. The van der Waals surface area contributed by atoms with Crippen LogP contribution < -0.4 is 10.2 Å². The third kappa shape index (κ3) is 5.45. The lowest BCUT2D eigenvalue weighted by Gasteiger charge is -2.24. The molecule has 1 fully saturated rings. The van der Waals surface area contributed by atoms with Gasteiger partial charge in [0, 0.05) is 32.6 Å². The highest BCUT2D eigenvalue weighted by molar-refractivity contribution is 7.89. The van der Waals surface area contributed by atoms with Gasteiger partial charge in [0.2, 0.25) is 15.9 Å². The highest BCUT2D eigenvalue weighted by Crippen LogP contribution is 2.32. The summed E-state index contributed by atoms with van der Waals surface area (Å²) < 4.78 is 27.2. The molecule has 1 aliphatic heterocycles. The van der Waals surface area contributed by atoms with Crippen molar-refractivity contribution in [3.8, 4) is 0 Å². The summed E-state index contributed by atoms with van der Waals surface area (Å²) in [6.07, 6.45) is 3.47. The van der Waals surface area contributed by atoms with Gasteiger partial charge in [0.25, 0.3) is 0 Å². The van der Waals surface area contributed by atoms with E-state index in [9.17, 15) is 13.2 Å². The topological polar surface area (TPSA) is 69.7 Å². The predicted molar refractivity (Wildman–Crippen MR) is 111 cm³/mol. The van der Waals surface area contributed by atoms with Crippen molar-refractivity contribution in [1.29, 1.82) is 0 Å². The number of rotatable bonds is 9. The van der Waals surface area contributed by atoms with Crippen molar-refractivity contribution >= 4 is 27.3 Å². The smallest absolute Gasteiger partial charge is 0.243 e. The maximum absolute atomic E-state index is 12.9. The Kier molecular flexibility index (Phi) is 7.68. The second kappa shape index (κ2) is 9.55. The Morgan fingerprint density at radius 2 is 1.81 bits per heavy atom. The normalized spacial score (nSPS) is 15.0.